The van der Waals surface area contributed by atoms with Gasteiger partial charge in [-0.1, -0.05) is 29.8 Å². The van der Waals surface area contributed by atoms with Crippen LogP contribution in [0.5, 0.6) is 0 Å². The predicted octanol–water partition coefficient (Wildman–Crippen LogP) is 3.58. The van der Waals surface area contributed by atoms with Gasteiger partial charge in [0.25, 0.3) is 0 Å². The zero-order valence-electron chi connectivity index (χ0n) is 10.7. The summed E-state index contributed by atoms with van der Waals surface area (Å²) in [6.45, 7) is 9.28. The van der Waals surface area contributed by atoms with Crippen LogP contribution in [-0.2, 0) is 0 Å². The third-order valence-electron chi connectivity index (χ3n) is 3.73. The fourth-order valence-corrected chi connectivity index (χ4v) is 2.59. The van der Waals surface area contributed by atoms with E-state index in [0.717, 1.165) is 5.92 Å². The lowest BCUT2D eigenvalue weighted by Crippen LogP contribution is -2.39. The molecular formula is C15H23N. The number of hydrogen-bond acceptors (Lipinski definition) is 1. The van der Waals surface area contributed by atoms with Crippen molar-refractivity contribution in [1.29, 1.82) is 0 Å². The lowest BCUT2D eigenvalue weighted by Gasteiger charge is -2.35. The van der Waals surface area contributed by atoms with E-state index in [-0.39, 0.29) is 0 Å². The average Bonchev–Trinajstić information content (AvgIpc) is 2.30. The summed E-state index contributed by atoms with van der Waals surface area (Å²) < 4.78 is 0. The Morgan fingerprint density at radius 3 is 2.50 bits per heavy atom. The predicted molar refractivity (Wildman–Crippen MR) is 69.9 cm³/mol. The summed E-state index contributed by atoms with van der Waals surface area (Å²) in [5.41, 5.74) is 2.89. The molecule has 1 atom stereocenters. The quantitative estimate of drug-likeness (QED) is 0.732. The van der Waals surface area contributed by atoms with Gasteiger partial charge in [0.05, 0.1) is 0 Å². The van der Waals surface area contributed by atoms with E-state index in [4.69, 9.17) is 0 Å². The number of nitrogens with zero attached hydrogens (tertiary/aromatic N) is 1. The van der Waals surface area contributed by atoms with Gasteiger partial charge in [0.2, 0.25) is 0 Å². The molecule has 0 radical (unpaired) electrons. The molecule has 0 N–H and O–H groups in total. The molecule has 1 aromatic carbocycles. The number of benzene rings is 1. The van der Waals surface area contributed by atoms with Crippen molar-refractivity contribution in [2.24, 2.45) is 0 Å². The van der Waals surface area contributed by atoms with Crippen LogP contribution < -0.4 is 0 Å². The van der Waals surface area contributed by atoms with Gasteiger partial charge in [0.1, 0.15) is 0 Å². The van der Waals surface area contributed by atoms with Crippen molar-refractivity contribution in [3.8, 4) is 0 Å². The molecule has 1 aliphatic rings. The number of hydrogen-bond donors (Lipinski definition) is 0. The first-order chi connectivity index (χ1) is 7.66. The molecule has 0 bridgehead atoms. The second kappa shape index (κ2) is 5.01. The van der Waals surface area contributed by atoms with Gasteiger partial charge in [0, 0.05) is 12.6 Å². The molecule has 1 fully saturated rings. The van der Waals surface area contributed by atoms with Crippen LogP contribution in [0, 0.1) is 6.92 Å². The number of likely N-dealkylation sites (tertiary alicyclic amines) is 1. The Balaban J connectivity index is 2.06. The number of piperidine rings is 1. The molecule has 0 aliphatic carbocycles. The van der Waals surface area contributed by atoms with Crippen LogP contribution >= 0.6 is 0 Å². The Morgan fingerprint density at radius 1 is 1.19 bits per heavy atom. The standard InChI is InChI=1S/C15H23N/c1-12(2)16-10-4-5-15(11-16)14-8-6-13(3)7-9-14/h6-9,12,15H,4-5,10-11H2,1-3H3. The van der Waals surface area contributed by atoms with Crippen LogP contribution in [0.2, 0.25) is 0 Å². The fraction of sp³-hybridized carbons (Fsp3) is 0.600. The van der Waals surface area contributed by atoms with Crippen LogP contribution in [0.4, 0.5) is 0 Å². The van der Waals surface area contributed by atoms with Crippen molar-refractivity contribution in [3.63, 3.8) is 0 Å². The minimum atomic E-state index is 0.688. The zero-order chi connectivity index (χ0) is 11.5. The van der Waals surface area contributed by atoms with Gasteiger partial charge >= 0.3 is 0 Å². The lowest BCUT2D eigenvalue weighted by atomic mass is 9.89. The highest BCUT2D eigenvalue weighted by Gasteiger charge is 2.22. The Morgan fingerprint density at radius 2 is 1.88 bits per heavy atom. The summed E-state index contributed by atoms with van der Waals surface area (Å²) in [4.78, 5) is 2.61. The first-order valence-electron chi connectivity index (χ1n) is 6.47. The Labute approximate surface area is 99.5 Å². The first-order valence-corrected chi connectivity index (χ1v) is 6.47. The SMILES string of the molecule is Cc1ccc(C2CCCN(C(C)C)C2)cc1. The van der Waals surface area contributed by atoms with Crippen molar-refractivity contribution >= 4 is 0 Å². The molecule has 1 aromatic rings. The van der Waals surface area contributed by atoms with E-state index in [1.54, 1.807) is 0 Å². The van der Waals surface area contributed by atoms with Gasteiger partial charge in [-0.15, -0.1) is 0 Å². The topological polar surface area (TPSA) is 3.24 Å². The van der Waals surface area contributed by atoms with Crippen molar-refractivity contribution in [3.05, 3.63) is 35.4 Å². The normalized spacial score (nSPS) is 22.6. The molecule has 1 saturated heterocycles. The molecule has 1 heteroatoms. The van der Waals surface area contributed by atoms with Gasteiger partial charge in [-0.3, -0.25) is 0 Å². The van der Waals surface area contributed by atoms with Crippen molar-refractivity contribution < 1.29 is 0 Å². The van der Waals surface area contributed by atoms with Crippen LogP contribution in [0.25, 0.3) is 0 Å². The summed E-state index contributed by atoms with van der Waals surface area (Å²) in [5.74, 6) is 0.747. The summed E-state index contributed by atoms with van der Waals surface area (Å²) in [7, 11) is 0. The van der Waals surface area contributed by atoms with E-state index in [1.807, 2.05) is 0 Å². The Kier molecular flexibility index (Phi) is 3.65. The second-order valence-electron chi connectivity index (χ2n) is 5.34. The minimum absolute atomic E-state index is 0.688. The van der Waals surface area contributed by atoms with E-state index in [9.17, 15) is 0 Å². The lowest BCUT2D eigenvalue weighted by molar-refractivity contribution is 0.167. The molecule has 0 amide bonds. The highest BCUT2D eigenvalue weighted by Crippen LogP contribution is 2.27. The molecule has 0 aromatic heterocycles. The highest BCUT2D eigenvalue weighted by molar-refractivity contribution is 5.25. The van der Waals surface area contributed by atoms with E-state index >= 15 is 0 Å². The highest BCUT2D eigenvalue weighted by atomic mass is 15.2. The van der Waals surface area contributed by atoms with Crippen LogP contribution in [0.3, 0.4) is 0 Å². The molecule has 1 unspecified atom stereocenters. The summed E-state index contributed by atoms with van der Waals surface area (Å²) in [5, 5.41) is 0. The van der Waals surface area contributed by atoms with Crippen LogP contribution in [-0.4, -0.2) is 24.0 Å². The third-order valence-corrected chi connectivity index (χ3v) is 3.73. The van der Waals surface area contributed by atoms with E-state index in [2.05, 4.69) is 49.9 Å². The van der Waals surface area contributed by atoms with Gasteiger partial charge < -0.3 is 4.90 Å². The van der Waals surface area contributed by atoms with Gasteiger partial charge in [-0.05, 0) is 51.6 Å². The van der Waals surface area contributed by atoms with Crippen molar-refractivity contribution in [2.75, 3.05) is 13.1 Å². The van der Waals surface area contributed by atoms with E-state index in [1.165, 1.54) is 37.1 Å². The molecule has 88 valence electrons. The smallest absolute Gasteiger partial charge is 0.00530 e. The largest absolute Gasteiger partial charge is 0.300 e. The maximum Gasteiger partial charge on any atom is 0.00530 e. The third kappa shape index (κ3) is 2.65. The van der Waals surface area contributed by atoms with Gasteiger partial charge in [0.15, 0.2) is 0 Å². The molecule has 16 heavy (non-hydrogen) atoms. The van der Waals surface area contributed by atoms with Crippen molar-refractivity contribution in [2.45, 2.75) is 45.6 Å². The van der Waals surface area contributed by atoms with Crippen LogP contribution in [0.1, 0.15) is 43.7 Å². The van der Waals surface area contributed by atoms with E-state index < -0.39 is 0 Å². The maximum absolute atomic E-state index is 2.61. The molecule has 0 spiro atoms. The number of rotatable bonds is 2. The van der Waals surface area contributed by atoms with Gasteiger partial charge in [-0.2, -0.15) is 0 Å². The second-order valence-corrected chi connectivity index (χ2v) is 5.34. The summed E-state index contributed by atoms with van der Waals surface area (Å²) in [6.07, 6.45) is 2.70. The molecular weight excluding hydrogens is 194 g/mol. The molecule has 1 aliphatic heterocycles. The average molecular weight is 217 g/mol. The minimum Gasteiger partial charge on any atom is -0.300 e. The molecule has 0 saturated carbocycles. The van der Waals surface area contributed by atoms with Crippen LogP contribution in [0.15, 0.2) is 24.3 Å². The molecule has 1 heterocycles. The fourth-order valence-electron chi connectivity index (χ4n) is 2.59. The molecule has 2 rings (SSSR count). The summed E-state index contributed by atoms with van der Waals surface area (Å²) >= 11 is 0. The maximum atomic E-state index is 2.61. The molecule has 1 nitrogen and oxygen atoms in total. The van der Waals surface area contributed by atoms with E-state index in [0.29, 0.717) is 6.04 Å². The zero-order valence-corrected chi connectivity index (χ0v) is 10.7. The van der Waals surface area contributed by atoms with Gasteiger partial charge in [-0.25, -0.2) is 0 Å². The van der Waals surface area contributed by atoms with Crippen molar-refractivity contribution in [1.82, 2.24) is 4.90 Å². The summed E-state index contributed by atoms with van der Waals surface area (Å²) in [6, 6.07) is 9.79. The number of aryl methyl sites for hydroxylation is 1. The first kappa shape index (κ1) is 11.7. The Hall–Kier alpha value is -0.820. The monoisotopic (exact) mass is 217 g/mol. The Bertz CT molecular complexity index is 326.